The van der Waals surface area contributed by atoms with Crippen LogP contribution in [0.1, 0.15) is 18.1 Å². The summed E-state index contributed by atoms with van der Waals surface area (Å²) in [5.74, 6) is -0.290. The number of hydrogen-bond acceptors (Lipinski definition) is 5. The van der Waals surface area contributed by atoms with Crippen molar-refractivity contribution < 1.29 is 9.72 Å². The highest BCUT2D eigenvalue weighted by Crippen LogP contribution is 2.12. The highest BCUT2D eigenvalue weighted by Gasteiger charge is 2.07. The molecule has 0 unspecified atom stereocenters. The molecular formula is C15H14N4O3. The van der Waals surface area contributed by atoms with Crippen molar-refractivity contribution in [2.24, 2.45) is 5.10 Å². The smallest absolute Gasteiger partial charge is 0.269 e. The number of hydrazone groups is 1. The van der Waals surface area contributed by atoms with Crippen LogP contribution in [-0.2, 0) is 11.2 Å². The summed E-state index contributed by atoms with van der Waals surface area (Å²) < 4.78 is 0. The quantitative estimate of drug-likeness (QED) is 0.519. The molecule has 1 aromatic carbocycles. The molecule has 0 radical (unpaired) electrons. The van der Waals surface area contributed by atoms with Gasteiger partial charge in [-0.1, -0.05) is 12.1 Å². The maximum absolute atomic E-state index is 11.8. The normalized spacial score (nSPS) is 11.0. The minimum absolute atomic E-state index is 0.00397. The Balaban J connectivity index is 1.94. The van der Waals surface area contributed by atoms with E-state index < -0.39 is 4.92 Å². The summed E-state index contributed by atoms with van der Waals surface area (Å²) in [6.07, 6.45) is 3.39. The van der Waals surface area contributed by atoms with E-state index in [1.165, 1.54) is 12.1 Å². The summed E-state index contributed by atoms with van der Waals surface area (Å²) >= 11 is 0. The second kappa shape index (κ2) is 7.07. The van der Waals surface area contributed by atoms with Crippen LogP contribution in [0.4, 0.5) is 5.69 Å². The van der Waals surface area contributed by atoms with Gasteiger partial charge in [0.25, 0.3) is 5.69 Å². The van der Waals surface area contributed by atoms with Gasteiger partial charge in [-0.15, -0.1) is 0 Å². The number of nitrogens with zero attached hydrogens (tertiary/aromatic N) is 3. The van der Waals surface area contributed by atoms with Gasteiger partial charge >= 0.3 is 0 Å². The van der Waals surface area contributed by atoms with E-state index in [9.17, 15) is 14.9 Å². The van der Waals surface area contributed by atoms with Gasteiger partial charge in [0.1, 0.15) is 0 Å². The molecule has 0 spiro atoms. The molecule has 1 aromatic heterocycles. The van der Waals surface area contributed by atoms with Gasteiger partial charge in [0.2, 0.25) is 5.91 Å². The van der Waals surface area contributed by atoms with Gasteiger partial charge in [-0.3, -0.25) is 19.9 Å². The van der Waals surface area contributed by atoms with Crippen molar-refractivity contribution in [2.45, 2.75) is 13.3 Å². The van der Waals surface area contributed by atoms with E-state index in [0.29, 0.717) is 11.3 Å². The lowest BCUT2D eigenvalue weighted by Gasteiger charge is -2.03. The van der Waals surface area contributed by atoms with E-state index in [1.54, 1.807) is 43.6 Å². The number of rotatable bonds is 5. The molecular weight excluding hydrogens is 284 g/mol. The zero-order valence-electron chi connectivity index (χ0n) is 11.9. The van der Waals surface area contributed by atoms with Gasteiger partial charge in [0.05, 0.1) is 17.1 Å². The van der Waals surface area contributed by atoms with E-state index in [2.05, 4.69) is 15.5 Å². The fourth-order valence-electron chi connectivity index (χ4n) is 1.76. The highest BCUT2D eigenvalue weighted by atomic mass is 16.6. The number of carbonyl (C=O) groups excluding carboxylic acids is 1. The summed E-state index contributed by atoms with van der Waals surface area (Å²) in [6.45, 7) is 1.78. The molecule has 7 nitrogen and oxygen atoms in total. The van der Waals surface area contributed by atoms with E-state index in [0.717, 1.165) is 5.56 Å². The number of amides is 1. The Hall–Kier alpha value is -3.09. The monoisotopic (exact) mass is 298 g/mol. The Morgan fingerprint density at radius 2 is 1.86 bits per heavy atom. The van der Waals surface area contributed by atoms with E-state index in [1.807, 2.05) is 0 Å². The molecule has 0 aliphatic heterocycles. The molecule has 7 heteroatoms. The first kappa shape index (κ1) is 15.3. The third-order valence-electron chi connectivity index (χ3n) is 2.96. The molecule has 0 bridgehead atoms. The minimum atomic E-state index is -0.480. The Labute approximate surface area is 126 Å². The number of pyridine rings is 1. The number of nitro groups is 1. The van der Waals surface area contributed by atoms with Gasteiger partial charge in [-0.05, 0) is 24.6 Å². The first-order valence-electron chi connectivity index (χ1n) is 6.53. The molecule has 0 atom stereocenters. The number of carbonyl (C=O) groups is 1. The highest BCUT2D eigenvalue weighted by molar-refractivity contribution is 5.99. The van der Waals surface area contributed by atoms with Crippen LogP contribution >= 0.6 is 0 Å². The number of nitrogens with one attached hydrogen (secondary N) is 1. The predicted octanol–water partition coefficient (Wildman–Crippen LogP) is 2.07. The standard InChI is InChI=1S/C15H14N4O3/c1-11(13-6-8-16-9-7-13)17-18-15(20)10-12-2-4-14(5-3-12)19(21)22/h2-9H,10H2,1H3,(H,18,20). The molecule has 1 heterocycles. The van der Waals surface area contributed by atoms with E-state index in [-0.39, 0.29) is 18.0 Å². The van der Waals surface area contributed by atoms with E-state index in [4.69, 9.17) is 0 Å². The predicted molar refractivity (Wildman–Crippen MR) is 81.4 cm³/mol. The molecule has 0 saturated heterocycles. The Bertz CT molecular complexity index is 696. The SMILES string of the molecule is CC(=NNC(=O)Cc1ccc([N+](=O)[O-])cc1)c1ccncc1. The van der Waals surface area contributed by atoms with Crippen LogP contribution in [0.3, 0.4) is 0 Å². The van der Waals surface area contributed by atoms with Crippen LogP contribution < -0.4 is 5.43 Å². The van der Waals surface area contributed by atoms with Gasteiger partial charge in [0.15, 0.2) is 0 Å². The molecule has 0 saturated carbocycles. The number of non-ortho nitro benzene ring substituents is 1. The fourth-order valence-corrected chi connectivity index (χ4v) is 1.76. The topological polar surface area (TPSA) is 97.5 Å². The van der Waals surface area contributed by atoms with E-state index >= 15 is 0 Å². The average Bonchev–Trinajstić information content (AvgIpc) is 2.54. The lowest BCUT2D eigenvalue weighted by Crippen LogP contribution is -2.21. The number of hydrogen-bond donors (Lipinski definition) is 1. The summed E-state index contributed by atoms with van der Waals surface area (Å²) in [4.78, 5) is 25.8. The number of nitro benzene ring substituents is 1. The summed E-state index contributed by atoms with van der Waals surface area (Å²) in [6, 6.07) is 9.43. The minimum Gasteiger partial charge on any atom is -0.273 e. The third kappa shape index (κ3) is 4.20. The zero-order valence-corrected chi connectivity index (χ0v) is 11.9. The van der Waals surface area contributed by atoms with Gasteiger partial charge in [-0.2, -0.15) is 5.10 Å². The van der Waals surface area contributed by atoms with Crippen molar-refractivity contribution in [2.75, 3.05) is 0 Å². The second-order valence-electron chi connectivity index (χ2n) is 4.57. The van der Waals surface area contributed by atoms with Crippen molar-refractivity contribution in [3.8, 4) is 0 Å². The zero-order chi connectivity index (χ0) is 15.9. The largest absolute Gasteiger partial charge is 0.273 e. The average molecular weight is 298 g/mol. The van der Waals surface area contributed by atoms with Crippen molar-refractivity contribution in [3.05, 3.63) is 70.0 Å². The number of benzene rings is 1. The molecule has 0 fully saturated rings. The summed E-state index contributed by atoms with van der Waals surface area (Å²) in [7, 11) is 0. The molecule has 22 heavy (non-hydrogen) atoms. The molecule has 112 valence electrons. The van der Waals surface area contributed by atoms with Crippen LogP contribution in [-0.4, -0.2) is 21.5 Å². The second-order valence-corrected chi connectivity index (χ2v) is 4.57. The van der Waals surface area contributed by atoms with Crippen molar-refractivity contribution >= 4 is 17.3 Å². The summed E-state index contributed by atoms with van der Waals surface area (Å²) in [5, 5.41) is 14.6. The van der Waals surface area contributed by atoms with Crippen molar-refractivity contribution in [1.82, 2.24) is 10.4 Å². The lowest BCUT2D eigenvalue weighted by molar-refractivity contribution is -0.384. The van der Waals surface area contributed by atoms with Crippen LogP contribution in [0, 0.1) is 10.1 Å². The van der Waals surface area contributed by atoms with Gasteiger partial charge < -0.3 is 0 Å². The van der Waals surface area contributed by atoms with Crippen LogP contribution in [0.15, 0.2) is 53.9 Å². The molecule has 0 aliphatic rings. The van der Waals surface area contributed by atoms with Gasteiger partial charge in [-0.25, -0.2) is 5.43 Å². The fraction of sp³-hybridized carbons (Fsp3) is 0.133. The van der Waals surface area contributed by atoms with Crippen LogP contribution in [0.25, 0.3) is 0 Å². The van der Waals surface area contributed by atoms with Crippen LogP contribution in [0.2, 0.25) is 0 Å². The Morgan fingerprint density at radius 3 is 2.45 bits per heavy atom. The Morgan fingerprint density at radius 1 is 1.23 bits per heavy atom. The summed E-state index contributed by atoms with van der Waals surface area (Å²) in [5.41, 5.74) is 4.67. The first-order valence-corrected chi connectivity index (χ1v) is 6.53. The van der Waals surface area contributed by atoms with Crippen LogP contribution in [0.5, 0.6) is 0 Å². The van der Waals surface area contributed by atoms with Crippen molar-refractivity contribution in [1.29, 1.82) is 0 Å². The maximum atomic E-state index is 11.8. The lowest BCUT2D eigenvalue weighted by atomic mass is 10.1. The molecule has 0 aliphatic carbocycles. The molecule has 1 amide bonds. The van der Waals surface area contributed by atoms with Gasteiger partial charge in [0, 0.05) is 30.1 Å². The number of aromatic nitrogens is 1. The first-order chi connectivity index (χ1) is 10.6. The molecule has 1 N–H and O–H groups in total. The third-order valence-corrected chi connectivity index (χ3v) is 2.96. The Kier molecular flexibility index (Phi) is 4.92. The molecule has 2 aromatic rings. The maximum Gasteiger partial charge on any atom is 0.269 e. The van der Waals surface area contributed by atoms with Crippen molar-refractivity contribution in [3.63, 3.8) is 0 Å². The molecule has 2 rings (SSSR count).